The molecule has 0 saturated carbocycles. The first-order valence-electron chi connectivity index (χ1n) is 4.37. The predicted molar refractivity (Wildman–Crippen MR) is 52.9 cm³/mol. The lowest BCUT2D eigenvalue weighted by molar-refractivity contribution is 0.617. The Bertz CT molecular complexity index is 142. The Labute approximate surface area is 73.4 Å². The molecule has 0 saturated heterocycles. The van der Waals surface area contributed by atoms with Crippen LogP contribution in [0.3, 0.4) is 0 Å². The minimum Gasteiger partial charge on any atom is -0.324 e. The Morgan fingerprint density at radius 2 is 2.55 bits per heavy atom. The molecule has 0 aromatic rings. The molecule has 0 aromatic carbocycles. The van der Waals surface area contributed by atoms with E-state index in [-0.39, 0.29) is 0 Å². The molecule has 2 heteroatoms. The van der Waals surface area contributed by atoms with E-state index in [9.17, 15) is 0 Å². The Kier molecular flexibility index (Phi) is 4.02. The van der Waals surface area contributed by atoms with Crippen molar-refractivity contribution < 1.29 is 0 Å². The van der Waals surface area contributed by atoms with Crippen molar-refractivity contribution in [2.24, 2.45) is 5.73 Å². The van der Waals surface area contributed by atoms with Gasteiger partial charge in [0.05, 0.1) is 0 Å². The number of hydrogen-bond acceptors (Lipinski definition) is 2. The SMILES string of the molecule is CCSCC1=CCCCC1N. The average molecular weight is 171 g/mol. The molecule has 0 aromatic heterocycles. The van der Waals surface area contributed by atoms with Crippen molar-refractivity contribution >= 4 is 11.8 Å². The van der Waals surface area contributed by atoms with Crippen LogP contribution in [-0.2, 0) is 0 Å². The summed E-state index contributed by atoms with van der Waals surface area (Å²) in [5.74, 6) is 2.35. The quantitative estimate of drug-likeness (QED) is 0.659. The zero-order valence-electron chi connectivity index (χ0n) is 7.18. The van der Waals surface area contributed by atoms with Crippen molar-refractivity contribution in [2.45, 2.75) is 32.2 Å². The van der Waals surface area contributed by atoms with Gasteiger partial charge in [0.15, 0.2) is 0 Å². The van der Waals surface area contributed by atoms with E-state index in [4.69, 9.17) is 5.73 Å². The highest BCUT2D eigenvalue weighted by Gasteiger charge is 2.11. The average Bonchev–Trinajstić information content (AvgIpc) is 2.03. The lowest BCUT2D eigenvalue weighted by atomic mass is 9.96. The normalized spacial score (nSPS) is 24.9. The molecule has 64 valence electrons. The second-order valence-corrected chi connectivity index (χ2v) is 4.23. The summed E-state index contributed by atoms with van der Waals surface area (Å²) in [4.78, 5) is 0. The van der Waals surface area contributed by atoms with Crippen LogP contribution in [0.5, 0.6) is 0 Å². The fraction of sp³-hybridized carbons (Fsp3) is 0.778. The first-order valence-corrected chi connectivity index (χ1v) is 5.52. The molecule has 1 nitrogen and oxygen atoms in total. The van der Waals surface area contributed by atoms with Crippen LogP contribution in [0, 0.1) is 0 Å². The van der Waals surface area contributed by atoms with Crippen LogP contribution >= 0.6 is 11.8 Å². The van der Waals surface area contributed by atoms with E-state index in [1.165, 1.54) is 30.6 Å². The number of nitrogens with two attached hydrogens (primary N) is 1. The Morgan fingerprint density at radius 3 is 3.18 bits per heavy atom. The molecule has 0 spiro atoms. The third-order valence-electron chi connectivity index (χ3n) is 2.07. The van der Waals surface area contributed by atoms with E-state index < -0.39 is 0 Å². The van der Waals surface area contributed by atoms with Gasteiger partial charge < -0.3 is 5.73 Å². The maximum absolute atomic E-state index is 5.94. The van der Waals surface area contributed by atoms with Crippen LogP contribution in [0.25, 0.3) is 0 Å². The number of hydrogen-bond donors (Lipinski definition) is 1. The highest BCUT2D eigenvalue weighted by molar-refractivity contribution is 7.99. The fourth-order valence-electron chi connectivity index (χ4n) is 1.35. The van der Waals surface area contributed by atoms with E-state index in [2.05, 4.69) is 13.0 Å². The third-order valence-corrected chi connectivity index (χ3v) is 3.02. The molecule has 0 bridgehead atoms. The van der Waals surface area contributed by atoms with E-state index in [0.717, 1.165) is 5.75 Å². The second-order valence-electron chi connectivity index (χ2n) is 2.95. The number of rotatable bonds is 3. The maximum atomic E-state index is 5.94. The summed E-state index contributed by atoms with van der Waals surface area (Å²) in [7, 11) is 0. The van der Waals surface area contributed by atoms with Crippen molar-refractivity contribution in [1.82, 2.24) is 0 Å². The molecule has 1 aliphatic rings. The van der Waals surface area contributed by atoms with Crippen molar-refractivity contribution in [3.05, 3.63) is 11.6 Å². The highest BCUT2D eigenvalue weighted by atomic mass is 32.2. The zero-order valence-corrected chi connectivity index (χ0v) is 7.99. The molecular weight excluding hydrogens is 154 g/mol. The van der Waals surface area contributed by atoms with Crippen LogP contribution in [0.4, 0.5) is 0 Å². The van der Waals surface area contributed by atoms with Crippen LogP contribution < -0.4 is 5.73 Å². The zero-order chi connectivity index (χ0) is 8.10. The largest absolute Gasteiger partial charge is 0.324 e. The van der Waals surface area contributed by atoms with Crippen LogP contribution in [0.15, 0.2) is 11.6 Å². The Balaban J connectivity index is 2.34. The summed E-state index contributed by atoms with van der Waals surface area (Å²) in [6.45, 7) is 2.19. The first kappa shape index (κ1) is 9.14. The van der Waals surface area contributed by atoms with Crippen LogP contribution in [0.2, 0.25) is 0 Å². The van der Waals surface area contributed by atoms with Gasteiger partial charge >= 0.3 is 0 Å². The van der Waals surface area contributed by atoms with E-state index in [1.54, 1.807) is 0 Å². The molecule has 0 heterocycles. The van der Waals surface area contributed by atoms with Crippen molar-refractivity contribution in [3.63, 3.8) is 0 Å². The third kappa shape index (κ3) is 2.88. The molecule has 0 fully saturated rings. The minimum absolute atomic E-state index is 0.364. The van der Waals surface area contributed by atoms with Gasteiger partial charge in [-0.3, -0.25) is 0 Å². The molecule has 1 atom stereocenters. The summed E-state index contributed by atoms with van der Waals surface area (Å²) in [6, 6.07) is 0.364. The minimum atomic E-state index is 0.364. The molecule has 0 aliphatic heterocycles. The van der Waals surface area contributed by atoms with Crippen LogP contribution in [0.1, 0.15) is 26.2 Å². The Morgan fingerprint density at radius 1 is 1.73 bits per heavy atom. The van der Waals surface area contributed by atoms with Gasteiger partial charge in [0.1, 0.15) is 0 Å². The second kappa shape index (κ2) is 4.83. The Hall–Kier alpha value is 0.0500. The lowest BCUT2D eigenvalue weighted by Crippen LogP contribution is -2.26. The van der Waals surface area contributed by atoms with Gasteiger partial charge in [-0.2, -0.15) is 11.8 Å². The first-order chi connectivity index (χ1) is 5.34. The van der Waals surface area contributed by atoms with Crippen LogP contribution in [-0.4, -0.2) is 17.5 Å². The standard InChI is InChI=1S/C9H17NS/c1-2-11-7-8-5-3-4-6-9(8)10/h5,9H,2-4,6-7,10H2,1H3. The molecule has 1 aliphatic carbocycles. The van der Waals surface area contributed by atoms with Gasteiger partial charge in [0, 0.05) is 11.8 Å². The van der Waals surface area contributed by atoms with E-state index >= 15 is 0 Å². The summed E-state index contributed by atoms with van der Waals surface area (Å²) in [5, 5.41) is 0. The molecular formula is C9H17NS. The number of allylic oxidation sites excluding steroid dienone is 1. The highest BCUT2D eigenvalue weighted by Crippen LogP contribution is 2.19. The number of thioether (sulfide) groups is 1. The van der Waals surface area contributed by atoms with Crippen molar-refractivity contribution in [3.8, 4) is 0 Å². The molecule has 11 heavy (non-hydrogen) atoms. The van der Waals surface area contributed by atoms with Gasteiger partial charge in [-0.05, 0) is 30.6 Å². The lowest BCUT2D eigenvalue weighted by Gasteiger charge is -2.19. The molecule has 0 amide bonds. The van der Waals surface area contributed by atoms with Crippen molar-refractivity contribution in [1.29, 1.82) is 0 Å². The van der Waals surface area contributed by atoms with Gasteiger partial charge in [0.25, 0.3) is 0 Å². The van der Waals surface area contributed by atoms with Crippen molar-refractivity contribution in [2.75, 3.05) is 11.5 Å². The molecule has 1 unspecified atom stereocenters. The predicted octanol–water partition coefficient (Wildman–Crippen LogP) is 2.18. The maximum Gasteiger partial charge on any atom is 0.0261 e. The monoisotopic (exact) mass is 171 g/mol. The van der Waals surface area contributed by atoms with E-state index in [1.807, 2.05) is 11.8 Å². The summed E-state index contributed by atoms with van der Waals surface area (Å²) in [5.41, 5.74) is 7.41. The van der Waals surface area contributed by atoms with Gasteiger partial charge in [-0.1, -0.05) is 13.0 Å². The summed E-state index contributed by atoms with van der Waals surface area (Å²) < 4.78 is 0. The van der Waals surface area contributed by atoms with Gasteiger partial charge in [-0.25, -0.2) is 0 Å². The van der Waals surface area contributed by atoms with E-state index in [0.29, 0.717) is 6.04 Å². The molecule has 0 radical (unpaired) electrons. The van der Waals surface area contributed by atoms with Gasteiger partial charge in [-0.15, -0.1) is 0 Å². The molecule has 1 rings (SSSR count). The molecule has 2 N–H and O–H groups in total. The smallest absolute Gasteiger partial charge is 0.0261 e. The fourth-order valence-corrected chi connectivity index (χ4v) is 2.12. The topological polar surface area (TPSA) is 26.0 Å². The van der Waals surface area contributed by atoms with Gasteiger partial charge in [0.2, 0.25) is 0 Å². The summed E-state index contributed by atoms with van der Waals surface area (Å²) in [6.07, 6.45) is 6.04. The summed E-state index contributed by atoms with van der Waals surface area (Å²) >= 11 is 1.97.